The van der Waals surface area contributed by atoms with Crippen molar-refractivity contribution in [2.45, 2.75) is 73.8 Å². The summed E-state index contributed by atoms with van der Waals surface area (Å²) < 4.78 is 155. The topological polar surface area (TPSA) is 150 Å². The number of rotatable bonds is 12. The van der Waals surface area contributed by atoms with E-state index in [1.165, 1.54) is 73.3 Å². The monoisotopic (exact) mass is 1120 g/mol. The maximum atomic E-state index is 14.0. The third kappa shape index (κ3) is 13.2. The first-order valence-corrected chi connectivity index (χ1v) is 23.8. The summed E-state index contributed by atoms with van der Waals surface area (Å²) in [6.45, 7) is 19.8. The van der Waals surface area contributed by atoms with Gasteiger partial charge in [0.25, 0.3) is 26.0 Å². The van der Waals surface area contributed by atoms with Gasteiger partial charge in [-0.3, -0.25) is 19.0 Å². The molecular weight excluding hydrogens is 1090 g/mol. The zero-order valence-electron chi connectivity index (χ0n) is 36.4. The number of sulfonamides is 2. The highest BCUT2D eigenvalue weighted by molar-refractivity contribution is 9.10. The lowest BCUT2D eigenvalue weighted by atomic mass is 9.93. The maximum Gasteiger partial charge on any atom is 0.407 e. The highest BCUT2D eigenvalue weighted by atomic mass is 79.9. The molecule has 0 N–H and O–H groups in total. The van der Waals surface area contributed by atoms with Crippen LogP contribution in [0.25, 0.3) is 9.69 Å². The van der Waals surface area contributed by atoms with Gasteiger partial charge in [0.1, 0.15) is 20.7 Å². The molecule has 0 saturated heterocycles. The van der Waals surface area contributed by atoms with Gasteiger partial charge in [0.15, 0.2) is 22.9 Å². The normalized spacial score (nSPS) is 12.2. The molecule has 0 spiro atoms. The van der Waals surface area contributed by atoms with Gasteiger partial charge in [0.2, 0.25) is 0 Å². The Morgan fingerprint density at radius 1 is 0.643 bits per heavy atom. The van der Waals surface area contributed by atoms with Gasteiger partial charge < -0.3 is 0 Å². The first kappa shape index (κ1) is 56.6. The predicted octanol–water partition coefficient (Wildman–Crippen LogP) is 12.2. The third-order valence-electron chi connectivity index (χ3n) is 9.93. The Hall–Kier alpha value is -6.02. The molecule has 0 amide bonds. The molecule has 70 heavy (non-hydrogen) atoms. The van der Waals surface area contributed by atoms with Gasteiger partial charge in [-0.2, -0.15) is 35.8 Å². The van der Waals surface area contributed by atoms with Crippen LogP contribution in [0, 0.1) is 19.1 Å². The van der Waals surface area contributed by atoms with Crippen LogP contribution in [0.5, 0.6) is 0 Å². The van der Waals surface area contributed by atoms with E-state index in [0.29, 0.717) is 9.63 Å². The zero-order chi connectivity index (χ0) is 52.8. The van der Waals surface area contributed by atoms with Gasteiger partial charge >= 0.3 is 12.4 Å². The molecule has 2 heterocycles. The second-order valence-electron chi connectivity index (χ2n) is 15.5. The SMILES string of the molecule is O=S(=O)(c1ccccc1)N(F)S(=O)(=O)c1ccccc1.[C-]#[N+]c1ccc(CC(=O)C(C)(C)n2cc(Cl)c(Br)n2)cc1C(F)(F)F.[C-]#[N+]c1ccc(CC(=O)C(C)(C)n2cc(Cl)c(F)n2)cc1C(F)(F)F. The number of aromatic nitrogens is 4. The summed E-state index contributed by atoms with van der Waals surface area (Å²) >= 11 is 14.6. The van der Waals surface area contributed by atoms with Crippen molar-refractivity contribution in [1.82, 2.24) is 23.5 Å². The summed E-state index contributed by atoms with van der Waals surface area (Å²) in [5.41, 5.74) is -5.33. The maximum absolute atomic E-state index is 14.0. The number of halogens is 11. The Morgan fingerprint density at radius 3 is 1.30 bits per heavy atom. The largest absolute Gasteiger partial charge is 0.407 e. The van der Waals surface area contributed by atoms with Crippen LogP contribution in [0.2, 0.25) is 10.0 Å². The highest BCUT2D eigenvalue weighted by Crippen LogP contribution is 2.39. The lowest BCUT2D eigenvalue weighted by Gasteiger charge is -2.24. The Labute approximate surface area is 414 Å². The standard InChI is InChI=1S/C16H12BrClF3N3O.C16H12ClF4N3O.C12H10FNO4S2/c1-15(2,24-8-11(18)14(17)23-24)13(25)7-9-4-5-12(22-3)10(6-9)16(19,20)21;1-15(2,24-8-11(17)14(18)23-24)13(25)7-9-4-5-12(22-3)10(6-9)16(19,20)21;13-14(19(15,16)11-7-3-1-4-8-11)20(17,18)12-9-5-2-6-10-12/h2*4-6,8H,7H2,1-2H3;1-10H. The quantitative estimate of drug-likeness (QED) is 0.0668. The van der Waals surface area contributed by atoms with Crippen molar-refractivity contribution in [2.24, 2.45) is 0 Å². The molecule has 4 aromatic carbocycles. The van der Waals surface area contributed by atoms with Crippen LogP contribution in [0.3, 0.4) is 0 Å². The van der Waals surface area contributed by atoms with Crippen LogP contribution in [-0.2, 0) is 65.9 Å². The molecule has 0 aliphatic heterocycles. The van der Waals surface area contributed by atoms with Crippen molar-refractivity contribution < 1.29 is 61.6 Å². The molecule has 0 saturated carbocycles. The Bertz CT molecular complexity index is 2960. The number of ketones is 2. The second kappa shape index (κ2) is 22.0. The van der Waals surface area contributed by atoms with Gasteiger partial charge in [-0.25, -0.2) is 26.5 Å². The minimum Gasteiger partial charge on any atom is -0.297 e. The molecule has 2 aromatic heterocycles. The van der Waals surface area contributed by atoms with E-state index < -0.39 is 91.4 Å². The first-order chi connectivity index (χ1) is 32.3. The Kier molecular flexibility index (Phi) is 17.7. The molecule has 0 fully saturated rings. The Balaban J connectivity index is 0.000000230. The molecule has 0 aliphatic carbocycles. The van der Waals surface area contributed by atoms with Crippen LogP contribution in [0.1, 0.15) is 49.9 Å². The summed E-state index contributed by atoms with van der Waals surface area (Å²) in [5, 5.41) is 7.65. The third-order valence-corrected chi connectivity index (χ3v) is 14.9. The van der Waals surface area contributed by atoms with E-state index >= 15 is 0 Å². The lowest BCUT2D eigenvalue weighted by molar-refractivity contribution is -0.137. The van der Waals surface area contributed by atoms with Crippen LogP contribution >= 0.6 is 39.1 Å². The van der Waals surface area contributed by atoms with E-state index in [1.807, 2.05) is 0 Å². The second-order valence-corrected chi connectivity index (χ2v) is 20.7. The van der Waals surface area contributed by atoms with Gasteiger partial charge in [-0.05, 0) is 79.0 Å². The average Bonchev–Trinajstić information content (AvgIpc) is 3.85. The van der Waals surface area contributed by atoms with E-state index in [-0.39, 0.29) is 34.8 Å². The van der Waals surface area contributed by atoms with Crippen molar-refractivity contribution in [3.63, 3.8) is 0 Å². The number of carbonyl (C=O) groups is 2. The van der Waals surface area contributed by atoms with Crippen molar-refractivity contribution in [2.75, 3.05) is 0 Å². The van der Waals surface area contributed by atoms with Crippen molar-refractivity contribution in [3.05, 3.63) is 175 Å². The predicted molar refractivity (Wildman–Crippen MR) is 244 cm³/mol. The average molecular weight is 1120 g/mol. The molecule has 13 nitrogen and oxygen atoms in total. The minimum atomic E-state index is -4.77. The number of Topliss-reactive ketones (excluding diaryl/α,β-unsaturated/α-hetero) is 2. The smallest absolute Gasteiger partial charge is 0.297 e. The number of nitrogens with zero attached hydrogens (tertiary/aromatic N) is 7. The number of hydrogen-bond acceptors (Lipinski definition) is 8. The molecule has 370 valence electrons. The number of benzene rings is 4. The molecule has 0 bridgehead atoms. The van der Waals surface area contributed by atoms with Gasteiger partial charge in [0.05, 0.1) is 43.0 Å². The number of alkyl halides is 6. The summed E-state index contributed by atoms with van der Waals surface area (Å²) in [6, 6.07) is 19.4. The molecule has 6 aromatic rings. The fraction of sp³-hybridized carbons (Fsp3) is 0.227. The highest BCUT2D eigenvalue weighted by Gasteiger charge is 2.39. The molecule has 0 unspecified atom stereocenters. The number of carbonyl (C=O) groups excluding carboxylic acids is 2. The van der Waals surface area contributed by atoms with Crippen LogP contribution in [-0.4, -0.2) is 51.9 Å². The van der Waals surface area contributed by atoms with Crippen molar-refractivity contribution in [3.8, 4) is 0 Å². The van der Waals surface area contributed by atoms with E-state index in [1.54, 1.807) is 13.8 Å². The molecular formula is C44H34BrCl2F8N7O6S2. The molecule has 0 atom stereocenters. The van der Waals surface area contributed by atoms with Crippen LogP contribution in [0.15, 0.2) is 124 Å². The van der Waals surface area contributed by atoms with Crippen LogP contribution in [0.4, 0.5) is 46.6 Å². The van der Waals surface area contributed by atoms with E-state index in [0.717, 1.165) is 59.4 Å². The Morgan fingerprint density at radius 2 is 1.00 bits per heavy atom. The molecule has 26 heteroatoms. The van der Waals surface area contributed by atoms with Gasteiger partial charge in [-0.1, -0.05) is 96.0 Å². The van der Waals surface area contributed by atoms with Gasteiger partial charge in [-0.15, -0.1) is 9.58 Å². The van der Waals surface area contributed by atoms with Crippen molar-refractivity contribution in [1.29, 1.82) is 0 Å². The first-order valence-electron chi connectivity index (χ1n) is 19.4. The lowest BCUT2D eigenvalue weighted by Crippen LogP contribution is -2.37. The summed E-state index contributed by atoms with van der Waals surface area (Å²) in [4.78, 5) is 29.9. The van der Waals surface area contributed by atoms with Crippen LogP contribution < -0.4 is 0 Å². The van der Waals surface area contributed by atoms with Crippen molar-refractivity contribution >= 4 is 82.1 Å². The molecule has 6 rings (SSSR count). The fourth-order valence-electron chi connectivity index (χ4n) is 5.81. The zero-order valence-corrected chi connectivity index (χ0v) is 41.1. The fourth-order valence-corrected chi connectivity index (χ4v) is 9.23. The summed E-state index contributed by atoms with van der Waals surface area (Å²) in [6.07, 6.45) is -7.33. The van der Waals surface area contributed by atoms with E-state index in [9.17, 15) is 61.6 Å². The molecule has 0 aliphatic rings. The number of hydrogen-bond donors (Lipinski definition) is 0. The minimum absolute atomic E-state index is 0.0940. The molecule has 0 radical (unpaired) electrons. The summed E-state index contributed by atoms with van der Waals surface area (Å²) in [7, 11) is -9.53. The van der Waals surface area contributed by atoms with Gasteiger partial charge in [0, 0.05) is 25.2 Å². The van der Waals surface area contributed by atoms with E-state index in [4.69, 9.17) is 36.3 Å². The summed E-state index contributed by atoms with van der Waals surface area (Å²) in [5.74, 6) is -1.78. The van der Waals surface area contributed by atoms with E-state index in [2.05, 4.69) is 35.8 Å².